The van der Waals surface area contributed by atoms with Crippen molar-refractivity contribution in [1.82, 2.24) is 25.3 Å². The van der Waals surface area contributed by atoms with E-state index < -0.39 is 0 Å². The highest BCUT2D eigenvalue weighted by atomic mass is 16.6. The van der Waals surface area contributed by atoms with Crippen LogP contribution in [0.2, 0.25) is 0 Å². The van der Waals surface area contributed by atoms with Crippen LogP contribution in [-0.2, 0) is 9.47 Å². The number of likely N-dealkylation sites (tertiary alicyclic amines) is 1. The van der Waals surface area contributed by atoms with Crippen LogP contribution in [0.4, 0.5) is 9.59 Å². The zero-order valence-corrected chi connectivity index (χ0v) is 19.9. The van der Waals surface area contributed by atoms with Crippen molar-refractivity contribution in [3.8, 4) is 0 Å². The molecule has 2 aliphatic heterocycles. The predicted octanol–water partition coefficient (Wildman–Crippen LogP) is 1.59. The lowest BCUT2D eigenvalue weighted by Crippen LogP contribution is -2.47. The molecule has 0 bridgehead atoms. The van der Waals surface area contributed by atoms with Crippen LogP contribution in [0.3, 0.4) is 0 Å². The molecule has 2 fully saturated rings. The Bertz CT molecular complexity index is 540. The largest absolute Gasteiger partial charge is 0.447 e. The first kappa shape index (κ1) is 25.7. The Morgan fingerprint density at radius 3 is 2.16 bits per heavy atom. The van der Waals surface area contributed by atoms with Gasteiger partial charge in [-0.15, -0.1) is 0 Å². The van der Waals surface area contributed by atoms with Crippen molar-refractivity contribution in [2.75, 3.05) is 72.5 Å². The van der Waals surface area contributed by atoms with Crippen LogP contribution in [-0.4, -0.2) is 112 Å². The van der Waals surface area contributed by atoms with E-state index in [4.69, 9.17) is 9.47 Å². The highest BCUT2D eigenvalue weighted by Crippen LogP contribution is 2.21. The molecule has 9 nitrogen and oxygen atoms in total. The summed E-state index contributed by atoms with van der Waals surface area (Å²) in [5, 5.41) is 5.69. The molecule has 2 aliphatic rings. The van der Waals surface area contributed by atoms with Gasteiger partial charge in [-0.2, -0.15) is 0 Å². The zero-order chi connectivity index (χ0) is 22.6. The van der Waals surface area contributed by atoms with Crippen LogP contribution < -0.4 is 10.6 Å². The van der Waals surface area contributed by atoms with E-state index >= 15 is 0 Å². The monoisotopic (exact) mass is 441 g/mol. The van der Waals surface area contributed by atoms with Gasteiger partial charge in [-0.05, 0) is 59.5 Å². The predicted molar refractivity (Wildman–Crippen MR) is 121 cm³/mol. The minimum absolute atomic E-state index is 0.104. The summed E-state index contributed by atoms with van der Waals surface area (Å²) >= 11 is 0. The molecule has 9 heteroatoms. The van der Waals surface area contributed by atoms with E-state index in [1.165, 1.54) is 0 Å². The number of hydrogen-bond acceptors (Lipinski definition) is 7. The fraction of sp³-hybridized carbons (Fsp3) is 0.909. The van der Waals surface area contributed by atoms with Crippen molar-refractivity contribution in [1.29, 1.82) is 0 Å². The van der Waals surface area contributed by atoms with Crippen molar-refractivity contribution in [2.24, 2.45) is 5.92 Å². The van der Waals surface area contributed by atoms with E-state index in [1.807, 2.05) is 20.8 Å². The summed E-state index contributed by atoms with van der Waals surface area (Å²) in [4.78, 5) is 30.8. The third-order valence-electron chi connectivity index (χ3n) is 5.91. The molecule has 0 aliphatic carbocycles. The van der Waals surface area contributed by atoms with E-state index in [-0.39, 0.29) is 24.4 Å². The van der Waals surface area contributed by atoms with Gasteiger partial charge in [0, 0.05) is 58.9 Å². The third-order valence-corrected chi connectivity index (χ3v) is 5.91. The van der Waals surface area contributed by atoms with Gasteiger partial charge in [-0.1, -0.05) is 0 Å². The first-order valence-electron chi connectivity index (χ1n) is 11.8. The number of amides is 2. The average Bonchev–Trinajstić information content (AvgIpc) is 2.69. The fourth-order valence-electron chi connectivity index (χ4n) is 4.25. The Balaban J connectivity index is 1.56. The molecule has 31 heavy (non-hydrogen) atoms. The fourth-order valence-corrected chi connectivity index (χ4v) is 4.25. The first-order valence-corrected chi connectivity index (χ1v) is 11.8. The first-order chi connectivity index (χ1) is 14.8. The second kappa shape index (κ2) is 13.8. The lowest BCUT2D eigenvalue weighted by molar-refractivity contribution is 0.0744. The normalized spacial score (nSPS) is 22.2. The maximum absolute atomic E-state index is 12.1. The van der Waals surface area contributed by atoms with Crippen LogP contribution >= 0.6 is 0 Å². The SMILES string of the molecule is CC(C)OC(=O)NCCN1CCCC(CC(C)OC(=O)NCCN2CCN(C)CC2)C1. The van der Waals surface area contributed by atoms with E-state index in [1.54, 1.807) is 0 Å². The standard InChI is InChI=1S/C22H43N5O4/c1-18(2)30-21(28)23-8-11-27-9-5-6-20(17-27)16-19(3)31-22(29)24-7-10-26-14-12-25(4)13-15-26/h18-20H,5-17H2,1-4H3,(H,23,28)(H,24,29). The Kier molecular flexibility index (Phi) is 11.4. The van der Waals surface area contributed by atoms with Gasteiger partial charge in [0.25, 0.3) is 0 Å². The third kappa shape index (κ3) is 11.0. The van der Waals surface area contributed by atoms with Gasteiger partial charge >= 0.3 is 12.2 Å². The van der Waals surface area contributed by atoms with Crippen molar-refractivity contribution >= 4 is 12.2 Å². The highest BCUT2D eigenvalue weighted by Gasteiger charge is 2.23. The number of carbonyl (C=O) groups is 2. The molecular formula is C22H43N5O4. The molecular weight excluding hydrogens is 398 g/mol. The van der Waals surface area contributed by atoms with Crippen LogP contribution in [0.5, 0.6) is 0 Å². The van der Waals surface area contributed by atoms with E-state index in [9.17, 15) is 9.59 Å². The van der Waals surface area contributed by atoms with Gasteiger partial charge in [-0.25, -0.2) is 9.59 Å². The smallest absolute Gasteiger partial charge is 0.407 e. The maximum Gasteiger partial charge on any atom is 0.407 e. The highest BCUT2D eigenvalue weighted by molar-refractivity contribution is 5.67. The Morgan fingerprint density at radius 2 is 1.52 bits per heavy atom. The van der Waals surface area contributed by atoms with E-state index in [2.05, 4.69) is 32.4 Å². The van der Waals surface area contributed by atoms with Gasteiger partial charge in [0.15, 0.2) is 0 Å². The van der Waals surface area contributed by atoms with Crippen molar-refractivity contribution < 1.29 is 19.1 Å². The van der Waals surface area contributed by atoms with Gasteiger partial charge < -0.3 is 29.9 Å². The van der Waals surface area contributed by atoms with Crippen LogP contribution in [0, 0.1) is 5.92 Å². The molecule has 0 aromatic carbocycles. The molecule has 2 heterocycles. The minimum Gasteiger partial charge on any atom is -0.447 e. The number of ether oxygens (including phenoxy) is 2. The molecule has 0 aromatic rings. The molecule has 2 rings (SSSR count). The second-order valence-corrected chi connectivity index (χ2v) is 9.21. The topological polar surface area (TPSA) is 86.4 Å². The maximum atomic E-state index is 12.1. The molecule has 0 saturated carbocycles. The number of hydrogen-bond donors (Lipinski definition) is 2. The number of nitrogens with zero attached hydrogens (tertiary/aromatic N) is 3. The molecule has 2 saturated heterocycles. The van der Waals surface area contributed by atoms with Crippen molar-refractivity contribution in [3.05, 3.63) is 0 Å². The Morgan fingerprint density at radius 1 is 0.903 bits per heavy atom. The van der Waals surface area contributed by atoms with Gasteiger partial charge in [0.05, 0.1) is 6.10 Å². The summed E-state index contributed by atoms with van der Waals surface area (Å²) in [6, 6.07) is 0. The lowest BCUT2D eigenvalue weighted by Gasteiger charge is -2.34. The van der Waals surface area contributed by atoms with Crippen LogP contribution in [0.15, 0.2) is 0 Å². The zero-order valence-electron chi connectivity index (χ0n) is 19.9. The number of piperazine rings is 1. The average molecular weight is 442 g/mol. The number of rotatable bonds is 10. The number of alkyl carbamates (subject to hydrolysis) is 2. The molecule has 0 aromatic heterocycles. The summed E-state index contributed by atoms with van der Waals surface area (Å²) in [5.41, 5.74) is 0. The second-order valence-electron chi connectivity index (χ2n) is 9.21. The quantitative estimate of drug-likeness (QED) is 0.532. The van der Waals surface area contributed by atoms with Gasteiger partial charge in [0.2, 0.25) is 0 Å². The molecule has 0 radical (unpaired) electrons. The van der Waals surface area contributed by atoms with Crippen LogP contribution in [0.25, 0.3) is 0 Å². The Labute approximate surface area is 187 Å². The van der Waals surface area contributed by atoms with Gasteiger partial charge in [-0.3, -0.25) is 4.90 Å². The molecule has 0 spiro atoms. The Hall–Kier alpha value is -1.58. The lowest BCUT2D eigenvalue weighted by atomic mass is 9.92. The van der Waals surface area contributed by atoms with Crippen LogP contribution in [0.1, 0.15) is 40.0 Å². The molecule has 2 N–H and O–H groups in total. The molecule has 2 unspecified atom stereocenters. The minimum atomic E-state index is -0.357. The molecule has 2 amide bonds. The summed E-state index contributed by atoms with van der Waals surface area (Å²) in [6.45, 7) is 14.8. The summed E-state index contributed by atoms with van der Waals surface area (Å²) in [5.74, 6) is 0.504. The van der Waals surface area contributed by atoms with E-state index in [0.717, 1.165) is 71.6 Å². The molecule has 180 valence electrons. The summed E-state index contributed by atoms with van der Waals surface area (Å²) < 4.78 is 10.7. The number of likely N-dealkylation sites (N-methyl/N-ethyl adjacent to an activating group) is 1. The number of carbonyl (C=O) groups excluding carboxylic acids is 2. The summed E-state index contributed by atoms with van der Waals surface area (Å²) in [6.07, 6.45) is 2.26. The number of nitrogens with one attached hydrogen (secondary N) is 2. The van der Waals surface area contributed by atoms with Gasteiger partial charge in [0.1, 0.15) is 6.10 Å². The van der Waals surface area contributed by atoms with E-state index in [0.29, 0.717) is 19.0 Å². The van der Waals surface area contributed by atoms with Crippen molar-refractivity contribution in [2.45, 2.75) is 52.2 Å². The number of piperidine rings is 1. The van der Waals surface area contributed by atoms with Crippen molar-refractivity contribution in [3.63, 3.8) is 0 Å². The summed E-state index contributed by atoms with van der Waals surface area (Å²) in [7, 11) is 2.14. The molecule has 2 atom stereocenters.